The Balaban J connectivity index is 1.69. The predicted molar refractivity (Wildman–Crippen MR) is 123 cm³/mol. The van der Waals surface area contributed by atoms with Crippen molar-refractivity contribution in [1.82, 2.24) is 4.90 Å². The fourth-order valence-corrected chi connectivity index (χ4v) is 4.21. The van der Waals surface area contributed by atoms with E-state index in [2.05, 4.69) is 5.92 Å². The molecule has 0 unspecified atom stereocenters. The van der Waals surface area contributed by atoms with Gasteiger partial charge in [-0.2, -0.15) is 0 Å². The van der Waals surface area contributed by atoms with Gasteiger partial charge in [0.25, 0.3) is 16.8 Å². The summed E-state index contributed by atoms with van der Waals surface area (Å²) in [6, 6.07) is 17.1. The van der Waals surface area contributed by atoms with Crippen molar-refractivity contribution >= 4 is 45.4 Å². The van der Waals surface area contributed by atoms with Crippen LogP contribution >= 0.6 is 11.8 Å². The Morgan fingerprint density at radius 1 is 1.12 bits per heavy atom. The third kappa shape index (κ3) is 4.19. The number of thioether (sulfide) groups is 1. The summed E-state index contributed by atoms with van der Waals surface area (Å²) in [6.07, 6.45) is 6.95. The normalized spacial score (nSPS) is 14.7. The topological polar surface area (TPSA) is 89.8 Å². The number of fused-ring (bicyclic) bond motifs is 1. The first-order valence-electron chi connectivity index (χ1n) is 9.54. The van der Waals surface area contributed by atoms with Crippen molar-refractivity contribution in [2.24, 2.45) is 0 Å². The molecule has 0 atom stereocenters. The number of terminal acetylenes is 1. The SMILES string of the molecule is C#CCOc1ccc2ccccc2c1C=C1SC(=O)N(Cc2cccc([N+](=O)[O-])c2)C1=O. The number of benzene rings is 3. The maximum Gasteiger partial charge on any atom is 0.293 e. The Labute approximate surface area is 187 Å². The molecule has 1 saturated heterocycles. The fraction of sp³-hybridized carbons (Fsp3) is 0.0833. The van der Waals surface area contributed by atoms with E-state index in [0.717, 1.165) is 27.4 Å². The van der Waals surface area contributed by atoms with Gasteiger partial charge < -0.3 is 4.74 Å². The molecule has 1 aliphatic heterocycles. The Morgan fingerprint density at radius 3 is 2.72 bits per heavy atom. The maximum atomic E-state index is 13.0. The molecule has 0 saturated carbocycles. The molecule has 0 spiro atoms. The van der Waals surface area contributed by atoms with Crippen LogP contribution in [0.2, 0.25) is 0 Å². The second kappa shape index (κ2) is 8.96. The molecule has 7 nitrogen and oxygen atoms in total. The highest BCUT2D eigenvalue weighted by Crippen LogP contribution is 2.37. The molecular formula is C24H16N2O5S. The molecule has 3 aromatic carbocycles. The van der Waals surface area contributed by atoms with Gasteiger partial charge in [0.1, 0.15) is 12.4 Å². The van der Waals surface area contributed by atoms with E-state index >= 15 is 0 Å². The van der Waals surface area contributed by atoms with Crippen molar-refractivity contribution in [3.8, 4) is 18.1 Å². The lowest BCUT2D eigenvalue weighted by Gasteiger charge is -2.13. The number of hydrogen-bond acceptors (Lipinski definition) is 6. The molecule has 1 fully saturated rings. The van der Waals surface area contributed by atoms with Gasteiger partial charge in [0.05, 0.1) is 16.4 Å². The number of ether oxygens (including phenoxy) is 1. The highest BCUT2D eigenvalue weighted by atomic mass is 32.2. The van der Waals surface area contributed by atoms with Gasteiger partial charge in [-0.05, 0) is 40.2 Å². The second-order valence-electron chi connectivity index (χ2n) is 6.89. The molecule has 3 aromatic rings. The molecule has 0 N–H and O–H groups in total. The largest absolute Gasteiger partial charge is 0.480 e. The Bertz CT molecular complexity index is 1330. The van der Waals surface area contributed by atoms with Crippen LogP contribution < -0.4 is 4.74 Å². The van der Waals surface area contributed by atoms with Crippen molar-refractivity contribution in [2.45, 2.75) is 6.54 Å². The van der Waals surface area contributed by atoms with E-state index in [9.17, 15) is 19.7 Å². The summed E-state index contributed by atoms with van der Waals surface area (Å²) >= 11 is 0.816. The Morgan fingerprint density at radius 2 is 1.94 bits per heavy atom. The summed E-state index contributed by atoms with van der Waals surface area (Å²) in [4.78, 5) is 37.4. The van der Waals surface area contributed by atoms with Gasteiger partial charge >= 0.3 is 0 Å². The first-order valence-corrected chi connectivity index (χ1v) is 10.4. The average molecular weight is 444 g/mol. The van der Waals surface area contributed by atoms with E-state index in [0.29, 0.717) is 16.9 Å². The molecule has 0 aromatic heterocycles. The molecule has 1 heterocycles. The number of imide groups is 1. The predicted octanol–water partition coefficient (Wildman–Crippen LogP) is 5.00. The van der Waals surface area contributed by atoms with E-state index in [1.807, 2.05) is 30.3 Å². The standard InChI is InChI=1S/C24H16N2O5S/c1-2-12-31-21-11-10-17-7-3-4-9-19(17)20(21)14-22-23(27)25(24(28)32-22)15-16-6-5-8-18(13-16)26(29)30/h1,3-11,13-14H,12,15H2. The molecule has 0 bridgehead atoms. The number of nitro benzene ring substituents is 1. The monoisotopic (exact) mass is 444 g/mol. The van der Waals surface area contributed by atoms with Crippen LogP contribution in [0.15, 0.2) is 65.6 Å². The first kappa shape index (κ1) is 21.2. The quantitative estimate of drug-likeness (QED) is 0.230. The summed E-state index contributed by atoms with van der Waals surface area (Å²) in [5, 5.41) is 12.4. The van der Waals surface area contributed by atoms with E-state index in [4.69, 9.17) is 11.2 Å². The molecule has 158 valence electrons. The highest BCUT2D eigenvalue weighted by molar-refractivity contribution is 8.18. The Hall–Kier alpha value is -4.09. The van der Waals surface area contributed by atoms with Crippen LogP contribution in [0.1, 0.15) is 11.1 Å². The summed E-state index contributed by atoms with van der Waals surface area (Å²) < 4.78 is 5.66. The number of non-ortho nitro benzene ring substituents is 1. The first-order chi connectivity index (χ1) is 15.5. The molecule has 8 heteroatoms. The van der Waals surface area contributed by atoms with Gasteiger partial charge in [-0.15, -0.1) is 6.42 Å². The van der Waals surface area contributed by atoms with Crippen LogP contribution in [0.5, 0.6) is 5.75 Å². The zero-order valence-electron chi connectivity index (χ0n) is 16.7. The lowest BCUT2D eigenvalue weighted by molar-refractivity contribution is -0.384. The second-order valence-corrected chi connectivity index (χ2v) is 7.88. The number of nitrogens with zero attached hydrogens (tertiary/aromatic N) is 2. The molecule has 0 radical (unpaired) electrons. The molecule has 4 rings (SSSR count). The van der Waals surface area contributed by atoms with Crippen molar-refractivity contribution in [2.75, 3.05) is 6.61 Å². The van der Waals surface area contributed by atoms with Gasteiger partial charge in [-0.3, -0.25) is 24.6 Å². The number of nitro groups is 1. The van der Waals surface area contributed by atoms with Crippen LogP contribution in [0.25, 0.3) is 16.8 Å². The lowest BCUT2D eigenvalue weighted by atomic mass is 10.0. The summed E-state index contributed by atoms with van der Waals surface area (Å²) in [5.74, 6) is 2.46. The molecule has 2 amide bonds. The minimum absolute atomic E-state index is 0.0559. The van der Waals surface area contributed by atoms with E-state index < -0.39 is 16.1 Å². The van der Waals surface area contributed by atoms with Crippen LogP contribution in [0, 0.1) is 22.5 Å². The molecular weight excluding hydrogens is 428 g/mol. The summed E-state index contributed by atoms with van der Waals surface area (Å²) in [7, 11) is 0. The van der Waals surface area contributed by atoms with E-state index in [-0.39, 0.29) is 23.7 Å². The van der Waals surface area contributed by atoms with Gasteiger partial charge in [0, 0.05) is 17.7 Å². The maximum absolute atomic E-state index is 13.0. The van der Waals surface area contributed by atoms with E-state index in [1.165, 1.54) is 18.2 Å². The van der Waals surface area contributed by atoms with Crippen LogP contribution in [0.4, 0.5) is 10.5 Å². The van der Waals surface area contributed by atoms with Crippen molar-refractivity contribution in [3.05, 3.63) is 86.8 Å². The molecule has 1 aliphatic rings. The zero-order chi connectivity index (χ0) is 22.7. The third-order valence-electron chi connectivity index (χ3n) is 4.85. The number of amides is 2. The van der Waals surface area contributed by atoms with Crippen molar-refractivity contribution < 1.29 is 19.2 Å². The summed E-state index contributed by atoms with van der Waals surface area (Å²) in [6.45, 7) is 0.00706. The van der Waals surface area contributed by atoms with Crippen LogP contribution in [0.3, 0.4) is 0 Å². The minimum Gasteiger partial charge on any atom is -0.480 e. The molecule has 32 heavy (non-hydrogen) atoms. The minimum atomic E-state index is -0.518. The highest BCUT2D eigenvalue weighted by Gasteiger charge is 2.35. The number of carbonyl (C=O) groups excluding carboxylic acids is 2. The van der Waals surface area contributed by atoms with Crippen molar-refractivity contribution in [1.29, 1.82) is 0 Å². The third-order valence-corrected chi connectivity index (χ3v) is 5.76. The lowest BCUT2D eigenvalue weighted by Crippen LogP contribution is -2.27. The van der Waals surface area contributed by atoms with Gasteiger partial charge in [-0.25, -0.2) is 0 Å². The van der Waals surface area contributed by atoms with Gasteiger partial charge in [0.15, 0.2) is 0 Å². The van der Waals surface area contributed by atoms with Crippen molar-refractivity contribution in [3.63, 3.8) is 0 Å². The smallest absolute Gasteiger partial charge is 0.293 e. The van der Waals surface area contributed by atoms with Gasteiger partial charge in [-0.1, -0.05) is 48.4 Å². The zero-order valence-corrected chi connectivity index (χ0v) is 17.5. The number of hydrogen-bond donors (Lipinski definition) is 0. The fourth-order valence-electron chi connectivity index (χ4n) is 3.39. The number of rotatable bonds is 6. The van der Waals surface area contributed by atoms with Gasteiger partial charge in [0.2, 0.25) is 0 Å². The van der Waals surface area contributed by atoms with E-state index in [1.54, 1.807) is 18.2 Å². The number of carbonyl (C=O) groups is 2. The Kier molecular flexibility index (Phi) is 5.92. The summed E-state index contributed by atoms with van der Waals surface area (Å²) in [5.41, 5.74) is 1.04. The van der Waals surface area contributed by atoms with Crippen LogP contribution in [-0.2, 0) is 11.3 Å². The molecule has 0 aliphatic carbocycles. The average Bonchev–Trinajstić information content (AvgIpc) is 3.06. The van der Waals surface area contributed by atoms with Crippen LogP contribution in [-0.4, -0.2) is 27.6 Å².